The monoisotopic (exact) mass is 288 g/mol. The molecule has 5 nitrogen and oxygen atoms in total. The Kier molecular flexibility index (Phi) is 3.82. The lowest BCUT2D eigenvalue weighted by Gasteiger charge is -2.04. The Hall–Kier alpha value is -2.04. The number of hydrogen-bond donors (Lipinski definition) is 2. The number of aromatic hydroxyl groups is 1. The highest BCUT2D eigenvalue weighted by atomic mass is 16.5. The van der Waals surface area contributed by atoms with Crippen molar-refractivity contribution in [1.82, 2.24) is 5.43 Å². The van der Waals surface area contributed by atoms with Crippen LogP contribution in [-0.2, 0) is 4.79 Å². The number of phenols is 1. The number of methoxy groups -OCH3 is 1. The molecule has 2 fully saturated rings. The van der Waals surface area contributed by atoms with Gasteiger partial charge in [-0.15, -0.1) is 0 Å². The third-order valence-electron chi connectivity index (χ3n) is 4.55. The summed E-state index contributed by atoms with van der Waals surface area (Å²) in [5.41, 5.74) is 3.39. The molecule has 112 valence electrons. The third-order valence-corrected chi connectivity index (χ3v) is 4.55. The van der Waals surface area contributed by atoms with Gasteiger partial charge < -0.3 is 9.84 Å². The summed E-state index contributed by atoms with van der Waals surface area (Å²) in [7, 11) is 1.49. The van der Waals surface area contributed by atoms with E-state index in [9.17, 15) is 9.90 Å². The quantitative estimate of drug-likeness (QED) is 0.659. The summed E-state index contributed by atoms with van der Waals surface area (Å²) in [4.78, 5) is 12.0. The topological polar surface area (TPSA) is 70.9 Å². The molecule has 0 radical (unpaired) electrons. The Balaban J connectivity index is 1.56. The molecule has 2 N–H and O–H groups in total. The first-order valence-electron chi connectivity index (χ1n) is 7.40. The standard InChI is InChI=1S/C16H20N2O3/c1-21-14-8-10(6-7-13(14)19)9-17-18-16(20)15-11-4-2-3-5-12(11)15/h6-9,11-12,15,19H,2-5H2,1H3,(H,18,20)/b17-9-/t11-,12+,15?. The minimum atomic E-state index is 0.0360. The fourth-order valence-electron chi connectivity index (χ4n) is 3.40. The van der Waals surface area contributed by atoms with E-state index in [0.29, 0.717) is 17.6 Å². The van der Waals surface area contributed by atoms with Crippen molar-refractivity contribution in [2.24, 2.45) is 22.9 Å². The summed E-state index contributed by atoms with van der Waals surface area (Å²) < 4.78 is 5.03. The van der Waals surface area contributed by atoms with E-state index >= 15 is 0 Å². The maximum atomic E-state index is 12.0. The molecule has 3 rings (SSSR count). The number of benzene rings is 1. The minimum Gasteiger partial charge on any atom is -0.504 e. The molecule has 2 aliphatic carbocycles. The van der Waals surface area contributed by atoms with Gasteiger partial charge in [-0.2, -0.15) is 5.10 Å². The summed E-state index contributed by atoms with van der Waals surface area (Å²) >= 11 is 0. The number of nitrogens with zero attached hydrogens (tertiary/aromatic N) is 1. The number of fused-ring (bicyclic) bond motifs is 1. The van der Waals surface area contributed by atoms with Crippen molar-refractivity contribution in [2.75, 3.05) is 7.11 Å². The molecule has 2 aliphatic rings. The third kappa shape index (κ3) is 2.86. The first-order chi connectivity index (χ1) is 10.2. The summed E-state index contributed by atoms with van der Waals surface area (Å²) in [5.74, 6) is 1.84. The molecule has 21 heavy (non-hydrogen) atoms. The summed E-state index contributed by atoms with van der Waals surface area (Å²) in [6.45, 7) is 0. The number of phenolic OH excluding ortho intramolecular Hbond substituents is 1. The van der Waals surface area contributed by atoms with Crippen molar-refractivity contribution in [3.05, 3.63) is 23.8 Å². The van der Waals surface area contributed by atoms with Crippen LogP contribution in [0.2, 0.25) is 0 Å². The van der Waals surface area contributed by atoms with Gasteiger partial charge in [-0.3, -0.25) is 4.79 Å². The Bertz CT molecular complexity index is 559. The van der Waals surface area contributed by atoms with Gasteiger partial charge in [0.15, 0.2) is 11.5 Å². The van der Waals surface area contributed by atoms with E-state index in [2.05, 4.69) is 10.5 Å². The molecule has 1 amide bonds. The van der Waals surface area contributed by atoms with Crippen LogP contribution in [0, 0.1) is 17.8 Å². The second-order valence-corrected chi connectivity index (χ2v) is 5.80. The SMILES string of the molecule is COc1cc(/C=N\NC(=O)C2[C@H]3CCCC[C@@H]23)ccc1O. The minimum absolute atomic E-state index is 0.0360. The van der Waals surface area contributed by atoms with Gasteiger partial charge in [0.05, 0.1) is 13.3 Å². The molecule has 1 unspecified atom stereocenters. The number of hydrazone groups is 1. The highest BCUT2D eigenvalue weighted by Crippen LogP contribution is 2.55. The fourth-order valence-corrected chi connectivity index (χ4v) is 3.40. The van der Waals surface area contributed by atoms with Crippen LogP contribution < -0.4 is 10.2 Å². The Morgan fingerprint density at radius 3 is 2.76 bits per heavy atom. The van der Waals surface area contributed by atoms with Crippen LogP contribution in [0.25, 0.3) is 0 Å². The van der Waals surface area contributed by atoms with E-state index in [1.54, 1.807) is 18.3 Å². The molecule has 0 saturated heterocycles. The number of ether oxygens (including phenoxy) is 1. The number of carbonyl (C=O) groups is 1. The van der Waals surface area contributed by atoms with E-state index in [4.69, 9.17) is 4.74 Å². The largest absolute Gasteiger partial charge is 0.504 e. The molecule has 1 aromatic carbocycles. The van der Waals surface area contributed by atoms with E-state index in [1.807, 2.05) is 0 Å². The molecule has 2 saturated carbocycles. The van der Waals surface area contributed by atoms with E-state index in [-0.39, 0.29) is 17.6 Å². The number of amides is 1. The zero-order valence-corrected chi connectivity index (χ0v) is 12.1. The van der Waals surface area contributed by atoms with Crippen LogP contribution in [0.15, 0.2) is 23.3 Å². The second-order valence-electron chi connectivity index (χ2n) is 5.80. The van der Waals surface area contributed by atoms with E-state index in [1.165, 1.54) is 38.9 Å². The highest BCUT2D eigenvalue weighted by Gasteiger charge is 2.54. The van der Waals surface area contributed by atoms with E-state index in [0.717, 1.165) is 5.56 Å². The number of nitrogens with one attached hydrogen (secondary N) is 1. The van der Waals surface area contributed by atoms with Crippen LogP contribution in [0.3, 0.4) is 0 Å². The zero-order valence-electron chi connectivity index (χ0n) is 12.1. The summed E-state index contributed by atoms with van der Waals surface area (Å²) in [5, 5.41) is 13.5. The second kappa shape index (κ2) is 5.76. The van der Waals surface area contributed by atoms with Gasteiger partial charge >= 0.3 is 0 Å². The summed E-state index contributed by atoms with van der Waals surface area (Å²) in [6, 6.07) is 4.92. The Morgan fingerprint density at radius 1 is 1.38 bits per heavy atom. The van der Waals surface area contributed by atoms with Crippen molar-refractivity contribution in [2.45, 2.75) is 25.7 Å². The molecule has 0 heterocycles. The lowest BCUT2D eigenvalue weighted by atomic mass is 10.0. The average Bonchev–Trinajstić information content (AvgIpc) is 3.23. The van der Waals surface area contributed by atoms with Crippen LogP contribution in [0.1, 0.15) is 31.2 Å². The maximum Gasteiger partial charge on any atom is 0.243 e. The lowest BCUT2D eigenvalue weighted by Crippen LogP contribution is -2.20. The van der Waals surface area contributed by atoms with Gasteiger partial charge in [0.2, 0.25) is 5.91 Å². The van der Waals surface area contributed by atoms with E-state index < -0.39 is 0 Å². The van der Waals surface area contributed by atoms with Crippen molar-refractivity contribution in [3.8, 4) is 11.5 Å². The molecule has 0 aromatic heterocycles. The Labute approximate surface area is 124 Å². The average molecular weight is 288 g/mol. The smallest absolute Gasteiger partial charge is 0.243 e. The molecule has 5 heteroatoms. The van der Waals surface area contributed by atoms with Crippen LogP contribution in [0.5, 0.6) is 11.5 Å². The van der Waals surface area contributed by atoms with Gasteiger partial charge in [-0.1, -0.05) is 12.8 Å². The molecular weight excluding hydrogens is 268 g/mol. The molecule has 1 aromatic rings. The first kappa shape index (κ1) is 13.9. The maximum absolute atomic E-state index is 12.0. The van der Waals surface area contributed by atoms with Crippen LogP contribution in [-0.4, -0.2) is 24.3 Å². The predicted octanol–water partition coefficient (Wildman–Crippen LogP) is 2.29. The first-order valence-corrected chi connectivity index (χ1v) is 7.40. The van der Waals surface area contributed by atoms with Crippen molar-refractivity contribution < 1.29 is 14.6 Å². The van der Waals surface area contributed by atoms with Gasteiger partial charge in [-0.25, -0.2) is 5.43 Å². The highest BCUT2D eigenvalue weighted by molar-refractivity contribution is 5.85. The predicted molar refractivity (Wildman–Crippen MR) is 79.3 cm³/mol. The molecular formula is C16H20N2O3. The summed E-state index contributed by atoms with van der Waals surface area (Å²) in [6.07, 6.45) is 6.43. The van der Waals surface area contributed by atoms with Crippen molar-refractivity contribution in [3.63, 3.8) is 0 Å². The van der Waals surface area contributed by atoms with Gasteiger partial charge in [0.25, 0.3) is 0 Å². The molecule has 0 aliphatic heterocycles. The van der Waals surface area contributed by atoms with Gasteiger partial charge in [0, 0.05) is 5.92 Å². The lowest BCUT2D eigenvalue weighted by molar-refractivity contribution is -0.122. The molecule has 0 spiro atoms. The number of hydrogen-bond acceptors (Lipinski definition) is 4. The van der Waals surface area contributed by atoms with Gasteiger partial charge in [-0.05, 0) is 48.4 Å². The molecule has 0 bridgehead atoms. The van der Waals surface area contributed by atoms with Gasteiger partial charge in [0.1, 0.15) is 0 Å². The fraction of sp³-hybridized carbons (Fsp3) is 0.500. The van der Waals surface area contributed by atoms with Crippen molar-refractivity contribution in [1.29, 1.82) is 0 Å². The number of carbonyl (C=O) groups excluding carboxylic acids is 1. The van der Waals surface area contributed by atoms with Crippen molar-refractivity contribution >= 4 is 12.1 Å². The molecule has 3 atom stereocenters. The normalized spacial score (nSPS) is 27.2. The van der Waals surface area contributed by atoms with Crippen LogP contribution in [0.4, 0.5) is 0 Å². The number of rotatable bonds is 4. The van der Waals surface area contributed by atoms with Crippen LogP contribution >= 0.6 is 0 Å². The Morgan fingerprint density at radius 2 is 2.10 bits per heavy atom. The zero-order chi connectivity index (χ0) is 14.8.